The fourth-order valence-electron chi connectivity index (χ4n) is 1.36. The Balaban J connectivity index is 3.06. The lowest BCUT2D eigenvalue weighted by molar-refractivity contribution is -0.120. The van der Waals surface area contributed by atoms with E-state index >= 15 is 0 Å². The number of carbonyl (C=O) groups is 1. The first-order chi connectivity index (χ1) is 7.31. The molecule has 0 atom stereocenters. The van der Waals surface area contributed by atoms with Crippen LogP contribution in [0.1, 0.15) is 52.4 Å². The van der Waals surface area contributed by atoms with Gasteiger partial charge in [0.1, 0.15) is 0 Å². The second-order valence-electron chi connectivity index (χ2n) is 3.91. The molecule has 0 spiro atoms. The first kappa shape index (κ1) is 14.4. The molecule has 0 unspecified atom stereocenters. The van der Waals surface area contributed by atoms with Crippen molar-refractivity contribution in [2.45, 2.75) is 52.4 Å². The van der Waals surface area contributed by atoms with Crippen LogP contribution in [0.25, 0.3) is 0 Å². The zero-order chi connectivity index (χ0) is 11.4. The van der Waals surface area contributed by atoms with Gasteiger partial charge in [-0.25, -0.2) is 0 Å². The molecular formula is C12H26N2O. The number of rotatable bonds is 10. The Morgan fingerprint density at radius 1 is 0.933 bits per heavy atom. The number of amides is 1. The van der Waals surface area contributed by atoms with Gasteiger partial charge < -0.3 is 10.6 Å². The summed E-state index contributed by atoms with van der Waals surface area (Å²) in [4.78, 5) is 11.2. The van der Waals surface area contributed by atoms with E-state index in [0.717, 1.165) is 26.1 Å². The second-order valence-corrected chi connectivity index (χ2v) is 3.91. The average molecular weight is 214 g/mol. The highest BCUT2D eigenvalue weighted by molar-refractivity contribution is 5.75. The summed E-state index contributed by atoms with van der Waals surface area (Å²) in [6.45, 7) is 6.93. The van der Waals surface area contributed by atoms with Crippen LogP contribution in [0.15, 0.2) is 0 Å². The zero-order valence-corrected chi connectivity index (χ0v) is 10.3. The third-order valence-corrected chi connectivity index (χ3v) is 2.31. The van der Waals surface area contributed by atoms with Crippen molar-refractivity contribution in [3.8, 4) is 0 Å². The molecule has 0 saturated carbocycles. The van der Waals surface area contributed by atoms with E-state index in [2.05, 4.69) is 24.5 Å². The van der Waals surface area contributed by atoms with E-state index in [0.29, 0.717) is 6.42 Å². The van der Waals surface area contributed by atoms with Crippen LogP contribution in [0.2, 0.25) is 0 Å². The number of hydrogen-bond donors (Lipinski definition) is 2. The molecule has 0 aromatic rings. The summed E-state index contributed by atoms with van der Waals surface area (Å²) in [6, 6.07) is 0. The van der Waals surface area contributed by atoms with Gasteiger partial charge in [0.05, 0.1) is 0 Å². The van der Waals surface area contributed by atoms with Crippen molar-refractivity contribution in [2.75, 3.05) is 19.6 Å². The maximum absolute atomic E-state index is 11.2. The van der Waals surface area contributed by atoms with Crippen LogP contribution in [-0.4, -0.2) is 25.5 Å². The molecular weight excluding hydrogens is 188 g/mol. The third kappa shape index (κ3) is 11.4. The number of unbranched alkanes of at least 4 members (excludes halogenated alkanes) is 3. The molecule has 0 aliphatic carbocycles. The maximum Gasteiger partial charge on any atom is 0.221 e. The van der Waals surface area contributed by atoms with Gasteiger partial charge in [-0.05, 0) is 19.4 Å². The minimum Gasteiger partial charge on any atom is -0.356 e. The van der Waals surface area contributed by atoms with Crippen molar-refractivity contribution in [1.82, 2.24) is 10.6 Å². The van der Waals surface area contributed by atoms with Crippen LogP contribution in [-0.2, 0) is 4.79 Å². The summed E-state index contributed by atoms with van der Waals surface area (Å²) in [7, 11) is 0. The lowest BCUT2D eigenvalue weighted by Crippen LogP contribution is -2.28. The van der Waals surface area contributed by atoms with E-state index < -0.39 is 0 Å². The Bertz CT molecular complexity index is 149. The van der Waals surface area contributed by atoms with E-state index in [9.17, 15) is 4.79 Å². The molecule has 0 radical (unpaired) electrons. The summed E-state index contributed by atoms with van der Waals surface area (Å²) in [5, 5.41) is 6.16. The molecule has 0 rings (SSSR count). The van der Waals surface area contributed by atoms with Crippen LogP contribution >= 0.6 is 0 Å². The molecule has 0 bridgehead atoms. The molecule has 0 aromatic carbocycles. The summed E-state index contributed by atoms with van der Waals surface area (Å²) in [5.41, 5.74) is 0. The molecule has 15 heavy (non-hydrogen) atoms. The smallest absolute Gasteiger partial charge is 0.221 e. The Labute approximate surface area is 94.0 Å². The zero-order valence-electron chi connectivity index (χ0n) is 10.3. The Morgan fingerprint density at radius 2 is 1.73 bits per heavy atom. The molecule has 1 amide bonds. The molecule has 0 aliphatic heterocycles. The van der Waals surface area contributed by atoms with Gasteiger partial charge in [0.25, 0.3) is 0 Å². The summed E-state index contributed by atoms with van der Waals surface area (Å²) >= 11 is 0. The SMILES string of the molecule is CCCCCCNCCC(=O)NCCC. The van der Waals surface area contributed by atoms with Crippen LogP contribution < -0.4 is 10.6 Å². The van der Waals surface area contributed by atoms with Crippen molar-refractivity contribution < 1.29 is 4.79 Å². The highest BCUT2D eigenvalue weighted by atomic mass is 16.1. The fraction of sp³-hybridized carbons (Fsp3) is 0.917. The summed E-state index contributed by atoms with van der Waals surface area (Å²) in [6.07, 6.45) is 6.73. The van der Waals surface area contributed by atoms with Gasteiger partial charge in [0.15, 0.2) is 0 Å². The van der Waals surface area contributed by atoms with Crippen molar-refractivity contribution in [2.24, 2.45) is 0 Å². The van der Waals surface area contributed by atoms with Crippen molar-refractivity contribution >= 4 is 5.91 Å². The fourth-order valence-corrected chi connectivity index (χ4v) is 1.36. The van der Waals surface area contributed by atoms with Crippen LogP contribution in [0.5, 0.6) is 0 Å². The van der Waals surface area contributed by atoms with Crippen LogP contribution in [0.4, 0.5) is 0 Å². The van der Waals surface area contributed by atoms with Crippen LogP contribution in [0.3, 0.4) is 0 Å². The van der Waals surface area contributed by atoms with Gasteiger partial charge in [0.2, 0.25) is 5.91 Å². The summed E-state index contributed by atoms with van der Waals surface area (Å²) < 4.78 is 0. The standard InChI is InChI=1S/C12H26N2O/c1-3-5-6-7-10-13-11-8-12(15)14-9-4-2/h13H,3-11H2,1-2H3,(H,14,15). The van der Waals surface area contributed by atoms with Gasteiger partial charge in [-0.3, -0.25) is 4.79 Å². The molecule has 2 N–H and O–H groups in total. The average Bonchev–Trinajstić information content (AvgIpc) is 2.25. The van der Waals surface area contributed by atoms with Crippen LogP contribution in [0, 0.1) is 0 Å². The number of carbonyl (C=O) groups excluding carboxylic acids is 1. The minimum absolute atomic E-state index is 0.165. The van der Waals surface area contributed by atoms with E-state index in [1.54, 1.807) is 0 Å². The van der Waals surface area contributed by atoms with E-state index in [1.807, 2.05) is 0 Å². The highest BCUT2D eigenvalue weighted by Gasteiger charge is 1.98. The second kappa shape index (κ2) is 11.5. The number of nitrogens with one attached hydrogen (secondary N) is 2. The highest BCUT2D eigenvalue weighted by Crippen LogP contribution is 1.96. The van der Waals surface area contributed by atoms with E-state index in [4.69, 9.17) is 0 Å². The quantitative estimate of drug-likeness (QED) is 0.547. The lowest BCUT2D eigenvalue weighted by Gasteiger charge is -2.05. The molecule has 0 saturated heterocycles. The third-order valence-electron chi connectivity index (χ3n) is 2.31. The Kier molecular flexibility index (Phi) is 11.1. The first-order valence-electron chi connectivity index (χ1n) is 6.28. The molecule has 3 heteroatoms. The van der Waals surface area contributed by atoms with Gasteiger partial charge in [-0.2, -0.15) is 0 Å². The predicted octanol–water partition coefficient (Wildman–Crippen LogP) is 2.07. The van der Waals surface area contributed by atoms with Gasteiger partial charge in [-0.15, -0.1) is 0 Å². The van der Waals surface area contributed by atoms with Crippen molar-refractivity contribution in [1.29, 1.82) is 0 Å². The number of hydrogen-bond acceptors (Lipinski definition) is 2. The Morgan fingerprint density at radius 3 is 2.40 bits per heavy atom. The van der Waals surface area contributed by atoms with Gasteiger partial charge >= 0.3 is 0 Å². The molecule has 0 fully saturated rings. The predicted molar refractivity (Wildman–Crippen MR) is 64.9 cm³/mol. The monoisotopic (exact) mass is 214 g/mol. The first-order valence-corrected chi connectivity index (χ1v) is 6.28. The van der Waals surface area contributed by atoms with Crippen molar-refractivity contribution in [3.05, 3.63) is 0 Å². The molecule has 90 valence electrons. The molecule has 3 nitrogen and oxygen atoms in total. The van der Waals surface area contributed by atoms with E-state index in [1.165, 1.54) is 25.7 Å². The van der Waals surface area contributed by atoms with Gasteiger partial charge in [-0.1, -0.05) is 33.1 Å². The maximum atomic E-state index is 11.2. The minimum atomic E-state index is 0.165. The van der Waals surface area contributed by atoms with Gasteiger partial charge in [0, 0.05) is 19.5 Å². The molecule has 0 aromatic heterocycles. The Hall–Kier alpha value is -0.570. The lowest BCUT2D eigenvalue weighted by atomic mass is 10.2. The largest absolute Gasteiger partial charge is 0.356 e. The van der Waals surface area contributed by atoms with E-state index in [-0.39, 0.29) is 5.91 Å². The van der Waals surface area contributed by atoms with Crippen molar-refractivity contribution in [3.63, 3.8) is 0 Å². The molecule has 0 aliphatic rings. The topological polar surface area (TPSA) is 41.1 Å². The summed E-state index contributed by atoms with van der Waals surface area (Å²) in [5.74, 6) is 0.165. The normalized spacial score (nSPS) is 10.3. The molecule has 0 heterocycles.